The van der Waals surface area contributed by atoms with Crippen LogP contribution in [-0.4, -0.2) is 23.8 Å². The largest absolute Gasteiger partial charge is 0.496 e. The fourth-order valence-electron chi connectivity index (χ4n) is 2.07. The van der Waals surface area contributed by atoms with Crippen molar-refractivity contribution in [3.8, 4) is 5.75 Å². The van der Waals surface area contributed by atoms with E-state index in [1.165, 1.54) is 7.11 Å². The molecule has 1 N–H and O–H groups in total. The smallest absolute Gasteiger partial charge is 0.225 e. The van der Waals surface area contributed by atoms with Crippen molar-refractivity contribution in [3.63, 3.8) is 0 Å². The molecule has 6 heteroatoms. The van der Waals surface area contributed by atoms with Gasteiger partial charge in [0.2, 0.25) is 5.91 Å². The van der Waals surface area contributed by atoms with Crippen molar-refractivity contribution < 1.29 is 14.3 Å². The molecule has 1 heterocycles. The molecule has 1 aromatic heterocycles. The van der Waals surface area contributed by atoms with E-state index in [-0.39, 0.29) is 24.5 Å². The summed E-state index contributed by atoms with van der Waals surface area (Å²) in [5.41, 5.74) is 1.24. The maximum absolute atomic E-state index is 12.3. The quantitative estimate of drug-likeness (QED) is 0.820. The highest BCUT2D eigenvalue weighted by molar-refractivity contribution is 6.31. The van der Waals surface area contributed by atoms with Crippen LogP contribution < -0.4 is 10.1 Å². The summed E-state index contributed by atoms with van der Waals surface area (Å²) in [7, 11) is 1.48. The van der Waals surface area contributed by atoms with E-state index < -0.39 is 0 Å². The number of carbonyl (C=O) groups is 2. The van der Waals surface area contributed by atoms with Crippen LogP contribution in [0.25, 0.3) is 0 Å². The molecule has 0 unspecified atom stereocenters. The van der Waals surface area contributed by atoms with Gasteiger partial charge in [-0.1, -0.05) is 17.7 Å². The lowest BCUT2D eigenvalue weighted by atomic mass is 10.1. The third-order valence-electron chi connectivity index (χ3n) is 3.31. The van der Waals surface area contributed by atoms with Gasteiger partial charge >= 0.3 is 0 Å². The van der Waals surface area contributed by atoms with Crippen LogP contribution in [0.3, 0.4) is 0 Å². The van der Waals surface area contributed by atoms with Gasteiger partial charge in [-0.15, -0.1) is 0 Å². The minimum atomic E-state index is -0.263. The molecule has 5 nitrogen and oxygen atoms in total. The van der Waals surface area contributed by atoms with Gasteiger partial charge in [-0.3, -0.25) is 9.59 Å². The molecule has 0 atom stereocenters. The number of anilines is 1. The summed E-state index contributed by atoms with van der Waals surface area (Å²) in [5, 5.41) is 3.14. The van der Waals surface area contributed by atoms with Gasteiger partial charge in [0.15, 0.2) is 5.78 Å². The zero-order chi connectivity index (χ0) is 16.8. The number of halogens is 1. The summed E-state index contributed by atoms with van der Waals surface area (Å²) in [5.74, 6) is 0.490. The Hall–Kier alpha value is -2.40. The molecule has 0 spiro atoms. The summed E-state index contributed by atoms with van der Waals surface area (Å²) in [6.45, 7) is 1.85. The molecule has 1 amide bonds. The van der Waals surface area contributed by atoms with Crippen molar-refractivity contribution in [2.45, 2.75) is 19.8 Å². The highest BCUT2D eigenvalue weighted by atomic mass is 35.5. The van der Waals surface area contributed by atoms with Crippen molar-refractivity contribution in [1.29, 1.82) is 0 Å². The lowest BCUT2D eigenvalue weighted by Crippen LogP contribution is -2.15. The first kappa shape index (κ1) is 17.0. The Morgan fingerprint density at radius 1 is 1.26 bits per heavy atom. The minimum absolute atomic E-state index is 0.0600. The van der Waals surface area contributed by atoms with Gasteiger partial charge in [0, 0.05) is 24.1 Å². The second-order valence-electron chi connectivity index (χ2n) is 4.98. The van der Waals surface area contributed by atoms with Gasteiger partial charge in [0.25, 0.3) is 0 Å². The summed E-state index contributed by atoms with van der Waals surface area (Å²) < 4.78 is 5.15. The summed E-state index contributed by atoms with van der Waals surface area (Å²) >= 11 is 5.91. The highest BCUT2D eigenvalue weighted by Crippen LogP contribution is 2.24. The number of nitrogens with zero attached hydrogens (tertiary/aromatic N) is 1. The number of methoxy groups -OCH3 is 1. The van der Waals surface area contributed by atoms with Gasteiger partial charge in [-0.05, 0) is 36.8 Å². The third kappa shape index (κ3) is 4.53. The van der Waals surface area contributed by atoms with Crippen LogP contribution in [-0.2, 0) is 4.79 Å². The maximum atomic E-state index is 12.3. The molecule has 23 heavy (non-hydrogen) atoms. The number of pyridine rings is 1. The summed E-state index contributed by atoms with van der Waals surface area (Å²) in [6, 6.07) is 8.47. The normalized spacial score (nSPS) is 10.2. The number of hydrogen-bond donors (Lipinski definition) is 1. The van der Waals surface area contributed by atoms with Crippen LogP contribution >= 0.6 is 11.6 Å². The van der Waals surface area contributed by atoms with Crippen LogP contribution in [0.4, 0.5) is 5.82 Å². The molecule has 2 aromatic rings. The number of aromatic nitrogens is 1. The first-order valence-electron chi connectivity index (χ1n) is 7.09. The summed E-state index contributed by atoms with van der Waals surface area (Å²) in [6.07, 6.45) is 1.73. The van der Waals surface area contributed by atoms with E-state index in [1.54, 1.807) is 30.5 Å². The molecule has 0 saturated carbocycles. The number of Topliss-reactive ketones (excluding diaryl/α,β-unsaturated/α-hetero) is 1. The first-order chi connectivity index (χ1) is 11.0. The molecular formula is C17H17ClN2O3. The van der Waals surface area contributed by atoms with Crippen LogP contribution in [0.1, 0.15) is 28.8 Å². The second kappa shape index (κ2) is 7.74. The monoisotopic (exact) mass is 332 g/mol. The zero-order valence-electron chi connectivity index (χ0n) is 12.9. The Labute approximate surface area is 139 Å². The number of carbonyl (C=O) groups excluding carboxylic acids is 2. The number of nitrogens with one attached hydrogen (secondary N) is 1. The van der Waals surface area contributed by atoms with Crippen molar-refractivity contribution in [2.24, 2.45) is 0 Å². The van der Waals surface area contributed by atoms with Crippen molar-refractivity contribution >= 4 is 29.1 Å². The molecular weight excluding hydrogens is 316 g/mol. The lowest BCUT2D eigenvalue weighted by Gasteiger charge is -2.09. The number of aryl methyl sites for hydroxylation is 1. The van der Waals surface area contributed by atoms with E-state index in [1.807, 2.05) is 13.0 Å². The molecule has 0 aliphatic carbocycles. The Morgan fingerprint density at radius 2 is 2.04 bits per heavy atom. The lowest BCUT2D eigenvalue weighted by molar-refractivity contribution is -0.116. The Kier molecular flexibility index (Phi) is 5.71. The molecule has 1 aromatic carbocycles. The second-order valence-corrected chi connectivity index (χ2v) is 5.42. The molecule has 0 bridgehead atoms. The van der Waals surface area contributed by atoms with E-state index in [2.05, 4.69) is 10.3 Å². The number of benzene rings is 1. The van der Waals surface area contributed by atoms with E-state index in [0.29, 0.717) is 22.2 Å². The standard InChI is InChI=1S/C17H17ClN2O3/c1-11-4-3-9-19-17(11)20-16(22)8-6-14(21)13-10-12(18)5-7-15(13)23-2/h3-5,7,9-10H,6,8H2,1-2H3,(H,19,20,22). The predicted octanol–water partition coefficient (Wildman–Crippen LogP) is 3.65. The molecule has 0 aliphatic heterocycles. The van der Waals surface area contributed by atoms with E-state index in [9.17, 15) is 9.59 Å². The van der Waals surface area contributed by atoms with Crippen molar-refractivity contribution in [1.82, 2.24) is 4.98 Å². The molecule has 0 fully saturated rings. The molecule has 0 aliphatic rings. The van der Waals surface area contributed by atoms with E-state index in [4.69, 9.17) is 16.3 Å². The van der Waals surface area contributed by atoms with Crippen molar-refractivity contribution in [2.75, 3.05) is 12.4 Å². The average Bonchev–Trinajstić information content (AvgIpc) is 2.54. The molecule has 120 valence electrons. The Balaban J connectivity index is 1.98. The highest BCUT2D eigenvalue weighted by Gasteiger charge is 2.15. The fourth-order valence-corrected chi connectivity index (χ4v) is 2.24. The topological polar surface area (TPSA) is 68.3 Å². The Morgan fingerprint density at radius 3 is 2.74 bits per heavy atom. The van der Waals surface area contributed by atoms with Crippen LogP contribution in [0.2, 0.25) is 5.02 Å². The van der Waals surface area contributed by atoms with Gasteiger partial charge in [0.1, 0.15) is 11.6 Å². The Bertz CT molecular complexity index is 732. The van der Waals surface area contributed by atoms with Crippen LogP contribution in [0.5, 0.6) is 5.75 Å². The minimum Gasteiger partial charge on any atom is -0.496 e. The number of ketones is 1. The van der Waals surface area contributed by atoms with Gasteiger partial charge in [0.05, 0.1) is 12.7 Å². The maximum Gasteiger partial charge on any atom is 0.225 e. The van der Waals surface area contributed by atoms with Gasteiger partial charge < -0.3 is 10.1 Å². The fraction of sp³-hybridized carbons (Fsp3) is 0.235. The molecule has 0 radical (unpaired) electrons. The summed E-state index contributed by atoms with van der Waals surface area (Å²) in [4.78, 5) is 28.3. The van der Waals surface area contributed by atoms with Crippen molar-refractivity contribution in [3.05, 3.63) is 52.7 Å². The average molecular weight is 333 g/mol. The molecule has 0 saturated heterocycles. The predicted molar refractivity (Wildman–Crippen MR) is 89.2 cm³/mol. The molecule has 2 rings (SSSR count). The van der Waals surface area contributed by atoms with Crippen LogP contribution in [0, 0.1) is 6.92 Å². The number of amides is 1. The van der Waals surface area contributed by atoms with E-state index in [0.717, 1.165) is 5.56 Å². The zero-order valence-corrected chi connectivity index (χ0v) is 13.7. The van der Waals surface area contributed by atoms with Gasteiger partial charge in [-0.25, -0.2) is 4.98 Å². The van der Waals surface area contributed by atoms with E-state index >= 15 is 0 Å². The SMILES string of the molecule is COc1ccc(Cl)cc1C(=O)CCC(=O)Nc1ncccc1C. The first-order valence-corrected chi connectivity index (χ1v) is 7.47. The van der Waals surface area contributed by atoms with Crippen LogP contribution in [0.15, 0.2) is 36.5 Å². The number of rotatable bonds is 6. The number of hydrogen-bond acceptors (Lipinski definition) is 4. The van der Waals surface area contributed by atoms with Gasteiger partial charge in [-0.2, -0.15) is 0 Å². The number of ether oxygens (including phenoxy) is 1. The third-order valence-corrected chi connectivity index (χ3v) is 3.54.